The van der Waals surface area contributed by atoms with Crippen LogP contribution >= 0.6 is 0 Å². The first kappa shape index (κ1) is 26.1. The van der Waals surface area contributed by atoms with Gasteiger partial charge in [-0.3, -0.25) is 5.01 Å². The molecule has 160 valence electrons. The van der Waals surface area contributed by atoms with Gasteiger partial charge in [-0.25, -0.2) is 10.6 Å². The number of nitrogens with two attached hydrogens (primary N) is 1. The largest absolute Gasteiger partial charge is 0.489 e. The van der Waals surface area contributed by atoms with Crippen LogP contribution in [-0.2, 0) is 6.61 Å². The normalized spacial score (nSPS) is 9.48. The highest BCUT2D eigenvalue weighted by Crippen LogP contribution is 2.25. The van der Waals surface area contributed by atoms with Crippen LogP contribution in [0.2, 0.25) is 0 Å². The number of nitrogens with zero attached hydrogens (tertiary/aromatic N) is 1. The molecule has 0 aliphatic rings. The van der Waals surface area contributed by atoms with Crippen molar-refractivity contribution in [2.45, 2.75) is 33.8 Å². The molecule has 29 heavy (non-hydrogen) atoms. The Bertz CT molecular complexity index is 822. The summed E-state index contributed by atoms with van der Waals surface area (Å²) in [5.74, 6) is 6.24. The van der Waals surface area contributed by atoms with Crippen molar-refractivity contribution in [3.05, 3.63) is 58.7 Å². The van der Waals surface area contributed by atoms with Gasteiger partial charge in [-0.05, 0) is 61.2 Å². The van der Waals surface area contributed by atoms with Gasteiger partial charge in [0.15, 0.2) is 0 Å². The van der Waals surface area contributed by atoms with Crippen LogP contribution in [0.5, 0.6) is 5.75 Å². The van der Waals surface area contributed by atoms with E-state index in [1.54, 1.807) is 0 Å². The molecule has 0 atom stereocenters. The van der Waals surface area contributed by atoms with Crippen LogP contribution < -0.4 is 22.0 Å². The van der Waals surface area contributed by atoms with Gasteiger partial charge in [0, 0.05) is 31.1 Å². The second kappa shape index (κ2) is 12.5. The van der Waals surface area contributed by atoms with Gasteiger partial charge in [0.05, 0.1) is 0 Å². The van der Waals surface area contributed by atoms with Crippen molar-refractivity contribution in [3.8, 4) is 5.75 Å². The molecule has 0 aliphatic carbocycles. The quantitative estimate of drug-likeness (QED) is 0.216. The molecule has 0 unspecified atom stereocenters. The number of amides is 2. The zero-order valence-corrected chi connectivity index (χ0v) is 17.9. The van der Waals surface area contributed by atoms with Crippen LogP contribution in [0, 0.1) is 19.3 Å². The Morgan fingerprint density at radius 2 is 1.86 bits per heavy atom. The summed E-state index contributed by atoms with van der Waals surface area (Å²) in [4.78, 5) is 11.9. The molecule has 0 bridgehead atoms. The Morgan fingerprint density at radius 1 is 1.21 bits per heavy atom. The number of benzene rings is 2. The standard InChI is InChI=1S/C20H26N4O2.CH4O.H3N/c1-5-17(21)15-9-10-19(14(3)11-15)26-12-16-13(2)7-6-8-18(16)23-20(25)24(4)22;1-2;/h6-11,21H,5,12,22H2,1-4H3,(H,23,25);2H,1H3;1H3. The molecule has 0 aromatic heterocycles. The number of nitrogens with one attached hydrogen (secondary N) is 2. The number of aliphatic hydroxyl groups excluding tert-OH is 1. The van der Waals surface area contributed by atoms with E-state index >= 15 is 0 Å². The van der Waals surface area contributed by atoms with Gasteiger partial charge in [0.2, 0.25) is 0 Å². The number of hydrazine groups is 1. The molecule has 2 aromatic rings. The summed E-state index contributed by atoms with van der Waals surface area (Å²) in [6, 6.07) is 11.0. The fourth-order valence-electron chi connectivity index (χ4n) is 2.57. The molecule has 0 saturated carbocycles. The van der Waals surface area contributed by atoms with Crippen LogP contribution in [0.15, 0.2) is 36.4 Å². The Kier molecular flexibility index (Phi) is 11.2. The Balaban J connectivity index is 0.00000253. The minimum atomic E-state index is -0.393. The topological polar surface area (TPSA) is 147 Å². The highest BCUT2D eigenvalue weighted by molar-refractivity contribution is 5.98. The van der Waals surface area contributed by atoms with Crippen molar-refractivity contribution < 1.29 is 14.6 Å². The molecule has 0 heterocycles. The summed E-state index contributed by atoms with van der Waals surface area (Å²) in [6.45, 7) is 6.22. The van der Waals surface area contributed by atoms with Crippen molar-refractivity contribution in [3.63, 3.8) is 0 Å². The second-order valence-electron chi connectivity index (χ2n) is 6.24. The molecular weight excluding hydrogens is 370 g/mol. The van der Waals surface area contributed by atoms with E-state index in [1.165, 1.54) is 7.05 Å². The second-order valence-corrected chi connectivity index (χ2v) is 6.24. The van der Waals surface area contributed by atoms with Crippen molar-refractivity contribution in [1.82, 2.24) is 11.2 Å². The molecule has 0 radical (unpaired) electrons. The number of carbonyl (C=O) groups is 1. The molecule has 8 heteroatoms. The molecule has 8 nitrogen and oxygen atoms in total. The van der Waals surface area contributed by atoms with Crippen LogP contribution in [0.4, 0.5) is 10.5 Å². The average Bonchev–Trinajstić information content (AvgIpc) is 2.69. The van der Waals surface area contributed by atoms with E-state index in [9.17, 15) is 4.79 Å². The third-order valence-corrected chi connectivity index (χ3v) is 4.22. The monoisotopic (exact) mass is 403 g/mol. The molecular formula is C21H33N5O3. The fraction of sp³-hybridized carbons (Fsp3) is 0.333. The minimum absolute atomic E-state index is 0. The number of ether oxygens (including phenoxy) is 1. The maximum absolute atomic E-state index is 11.9. The smallest absolute Gasteiger partial charge is 0.335 e. The van der Waals surface area contributed by atoms with Gasteiger partial charge in [0.25, 0.3) is 0 Å². The third-order valence-electron chi connectivity index (χ3n) is 4.22. The zero-order valence-electron chi connectivity index (χ0n) is 17.9. The van der Waals surface area contributed by atoms with E-state index in [1.807, 2.05) is 57.2 Å². The molecule has 0 fully saturated rings. The SMILES string of the molecule is CCC(=N)c1ccc(OCc2c(C)cccc2NC(=O)N(C)N)c(C)c1.CO.N. The van der Waals surface area contributed by atoms with Gasteiger partial charge < -0.3 is 26.7 Å². The number of aryl methyl sites for hydroxylation is 2. The summed E-state index contributed by atoms with van der Waals surface area (Å²) < 4.78 is 5.99. The number of aliphatic hydroxyl groups is 1. The maximum atomic E-state index is 11.9. The van der Waals surface area contributed by atoms with Crippen LogP contribution in [0.3, 0.4) is 0 Å². The van der Waals surface area contributed by atoms with Gasteiger partial charge in [-0.15, -0.1) is 0 Å². The van der Waals surface area contributed by atoms with Crippen LogP contribution in [0.1, 0.15) is 35.6 Å². The van der Waals surface area contributed by atoms with Crippen molar-refractivity contribution in [1.29, 1.82) is 5.41 Å². The Hall–Kier alpha value is -2.94. The summed E-state index contributed by atoms with van der Waals surface area (Å²) in [5, 5.41) is 18.7. The van der Waals surface area contributed by atoms with Gasteiger partial charge >= 0.3 is 6.03 Å². The highest BCUT2D eigenvalue weighted by atomic mass is 16.5. The maximum Gasteiger partial charge on any atom is 0.335 e. The van der Waals surface area contributed by atoms with Crippen molar-refractivity contribution >= 4 is 17.4 Å². The first-order valence-corrected chi connectivity index (χ1v) is 8.97. The molecule has 0 aliphatic heterocycles. The van der Waals surface area contributed by atoms with Crippen LogP contribution in [0.25, 0.3) is 0 Å². The van der Waals surface area contributed by atoms with E-state index in [0.29, 0.717) is 24.4 Å². The average molecular weight is 404 g/mol. The predicted octanol–water partition coefficient (Wildman–Crippen LogP) is 3.77. The lowest BCUT2D eigenvalue weighted by Gasteiger charge is -2.18. The van der Waals surface area contributed by atoms with Crippen molar-refractivity contribution in [2.75, 3.05) is 19.5 Å². The fourth-order valence-corrected chi connectivity index (χ4v) is 2.57. The first-order chi connectivity index (χ1) is 13.3. The van der Waals surface area contributed by atoms with Gasteiger partial charge in [0.1, 0.15) is 12.4 Å². The van der Waals surface area contributed by atoms with Gasteiger partial charge in [-0.1, -0.05) is 19.1 Å². The van der Waals surface area contributed by atoms with E-state index in [0.717, 1.165) is 40.1 Å². The zero-order chi connectivity index (χ0) is 21.3. The Morgan fingerprint density at radius 3 is 2.41 bits per heavy atom. The lowest BCUT2D eigenvalue weighted by Crippen LogP contribution is -2.37. The molecule has 0 spiro atoms. The molecule has 8 N–H and O–H groups in total. The number of anilines is 1. The molecule has 2 aromatic carbocycles. The molecule has 2 amide bonds. The number of rotatable bonds is 6. The minimum Gasteiger partial charge on any atom is -0.489 e. The van der Waals surface area contributed by atoms with Crippen molar-refractivity contribution in [2.24, 2.45) is 5.84 Å². The van der Waals surface area contributed by atoms with Gasteiger partial charge in [-0.2, -0.15) is 0 Å². The summed E-state index contributed by atoms with van der Waals surface area (Å²) in [7, 11) is 2.49. The molecule has 2 rings (SSSR count). The van der Waals surface area contributed by atoms with E-state index in [2.05, 4.69) is 5.32 Å². The first-order valence-electron chi connectivity index (χ1n) is 8.97. The lowest BCUT2D eigenvalue weighted by molar-refractivity contribution is 0.223. The lowest BCUT2D eigenvalue weighted by atomic mass is 10.0. The van der Waals surface area contributed by atoms with E-state index < -0.39 is 6.03 Å². The number of hydrogen-bond donors (Lipinski definition) is 5. The third kappa shape index (κ3) is 7.19. The van der Waals surface area contributed by atoms with E-state index in [4.69, 9.17) is 21.1 Å². The number of carbonyl (C=O) groups excluding carboxylic acids is 1. The molecule has 0 saturated heterocycles. The van der Waals surface area contributed by atoms with E-state index in [-0.39, 0.29) is 6.15 Å². The number of urea groups is 1. The highest BCUT2D eigenvalue weighted by Gasteiger charge is 2.12. The predicted molar refractivity (Wildman–Crippen MR) is 118 cm³/mol. The summed E-state index contributed by atoms with van der Waals surface area (Å²) >= 11 is 0. The summed E-state index contributed by atoms with van der Waals surface area (Å²) in [5.41, 5.74) is 5.08. The number of hydrogen-bond acceptors (Lipinski definition) is 6. The Labute approximate surface area is 172 Å². The van der Waals surface area contributed by atoms with Crippen LogP contribution in [-0.4, -0.2) is 36.0 Å². The summed E-state index contributed by atoms with van der Waals surface area (Å²) in [6.07, 6.45) is 0.696.